The SMILES string of the molecule is CC(CC(C)(O)CN)N(C)C. The van der Waals surface area contributed by atoms with Crippen LogP contribution in [-0.4, -0.2) is 42.3 Å². The van der Waals surface area contributed by atoms with E-state index in [4.69, 9.17) is 5.73 Å². The lowest BCUT2D eigenvalue weighted by Gasteiger charge is -2.28. The molecule has 0 rings (SSSR count). The molecule has 0 aliphatic heterocycles. The van der Waals surface area contributed by atoms with Gasteiger partial charge in [-0.2, -0.15) is 0 Å². The predicted octanol–water partition coefficient (Wildman–Crippen LogP) is 0.0363. The van der Waals surface area contributed by atoms with Crippen LogP contribution in [-0.2, 0) is 0 Å². The zero-order valence-electron chi connectivity index (χ0n) is 7.96. The molecule has 2 atom stereocenters. The standard InChI is InChI=1S/C8H20N2O/c1-7(10(3)4)5-8(2,11)6-9/h7,11H,5-6,9H2,1-4H3. The minimum absolute atomic E-state index is 0.325. The Balaban J connectivity index is 3.83. The summed E-state index contributed by atoms with van der Waals surface area (Å²) in [7, 11) is 3.99. The zero-order valence-corrected chi connectivity index (χ0v) is 7.96. The molecule has 68 valence electrons. The van der Waals surface area contributed by atoms with E-state index in [2.05, 4.69) is 11.8 Å². The Bertz CT molecular complexity index is 113. The lowest BCUT2D eigenvalue weighted by molar-refractivity contribution is 0.0374. The molecule has 0 fully saturated rings. The van der Waals surface area contributed by atoms with Crippen LogP contribution in [0.5, 0.6) is 0 Å². The summed E-state index contributed by atoms with van der Waals surface area (Å²) in [5.41, 5.74) is 4.67. The van der Waals surface area contributed by atoms with Gasteiger partial charge in [-0.1, -0.05) is 0 Å². The van der Waals surface area contributed by atoms with Gasteiger partial charge in [0.15, 0.2) is 0 Å². The second-order valence-corrected chi connectivity index (χ2v) is 3.72. The first-order valence-corrected chi connectivity index (χ1v) is 3.98. The quantitative estimate of drug-likeness (QED) is 0.610. The number of hydrogen-bond donors (Lipinski definition) is 2. The first-order chi connectivity index (χ1) is 4.89. The van der Waals surface area contributed by atoms with Crippen molar-refractivity contribution in [2.75, 3.05) is 20.6 Å². The fourth-order valence-corrected chi connectivity index (χ4v) is 0.902. The maximum absolute atomic E-state index is 9.59. The molecule has 0 amide bonds. The molecule has 0 aromatic rings. The largest absolute Gasteiger partial charge is 0.389 e. The monoisotopic (exact) mass is 160 g/mol. The average molecular weight is 160 g/mol. The van der Waals surface area contributed by atoms with E-state index < -0.39 is 5.60 Å². The van der Waals surface area contributed by atoms with Crippen molar-refractivity contribution in [2.45, 2.75) is 31.9 Å². The topological polar surface area (TPSA) is 49.5 Å². The number of hydrogen-bond acceptors (Lipinski definition) is 3. The van der Waals surface area contributed by atoms with Crippen LogP contribution < -0.4 is 5.73 Å². The molecule has 0 aliphatic carbocycles. The third-order valence-corrected chi connectivity index (χ3v) is 2.06. The van der Waals surface area contributed by atoms with Gasteiger partial charge in [-0.3, -0.25) is 0 Å². The van der Waals surface area contributed by atoms with E-state index in [0.717, 1.165) is 6.42 Å². The Hall–Kier alpha value is -0.120. The summed E-state index contributed by atoms with van der Waals surface area (Å²) in [6, 6.07) is 0.369. The molecule has 0 aliphatic rings. The molecule has 0 bridgehead atoms. The van der Waals surface area contributed by atoms with Gasteiger partial charge in [0.25, 0.3) is 0 Å². The van der Waals surface area contributed by atoms with E-state index in [1.807, 2.05) is 14.1 Å². The van der Waals surface area contributed by atoms with Crippen molar-refractivity contribution in [1.29, 1.82) is 0 Å². The molecule has 0 saturated heterocycles. The van der Waals surface area contributed by atoms with Crippen LogP contribution >= 0.6 is 0 Å². The zero-order chi connectivity index (χ0) is 9.07. The van der Waals surface area contributed by atoms with Gasteiger partial charge in [0.2, 0.25) is 0 Å². The number of rotatable bonds is 4. The van der Waals surface area contributed by atoms with Gasteiger partial charge in [-0.15, -0.1) is 0 Å². The Labute approximate surface area is 69.2 Å². The van der Waals surface area contributed by atoms with Crippen molar-refractivity contribution in [2.24, 2.45) is 5.73 Å². The lowest BCUT2D eigenvalue weighted by atomic mass is 9.97. The molecule has 11 heavy (non-hydrogen) atoms. The van der Waals surface area contributed by atoms with Crippen LogP contribution in [0.1, 0.15) is 20.3 Å². The van der Waals surface area contributed by atoms with Gasteiger partial charge >= 0.3 is 0 Å². The van der Waals surface area contributed by atoms with E-state index >= 15 is 0 Å². The second kappa shape index (κ2) is 4.04. The third-order valence-electron chi connectivity index (χ3n) is 2.06. The second-order valence-electron chi connectivity index (χ2n) is 3.72. The highest BCUT2D eigenvalue weighted by Crippen LogP contribution is 2.12. The van der Waals surface area contributed by atoms with Crippen molar-refractivity contribution in [3.05, 3.63) is 0 Å². The number of nitrogens with two attached hydrogens (primary N) is 1. The smallest absolute Gasteiger partial charge is 0.0756 e. The highest BCUT2D eigenvalue weighted by Gasteiger charge is 2.21. The summed E-state index contributed by atoms with van der Waals surface area (Å²) in [5, 5.41) is 9.59. The molecule has 3 heteroatoms. The van der Waals surface area contributed by atoms with Crippen molar-refractivity contribution in [1.82, 2.24) is 4.90 Å². The highest BCUT2D eigenvalue weighted by molar-refractivity contribution is 4.78. The van der Waals surface area contributed by atoms with E-state index in [9.17, 15) is 5.11 Å². The van der Waals surface area contributed by atoms with Crippen molar-refractivity contribution < 1.29 is 5.11 Å². The Kier molecular flexibility index (Phi) is 4.00. The fraction of sp³-hybridized carbons (Fsp3) is 1.00. The molecule has 0 saturated carbocycles. The number of aliphatic hydroxyl groups is 1. The molecule has 2 unspecified atom stereocenters. The minimum atomic E-state index is -0.719. The summed E-state index contributed by atoms with van der Waals surface area (Å²) in [4.78, 5) is 2.07. The van der Waals surface area contributed by atoms with Crippen LogP contribution in [0.3, 0.4) is 0 Å². The normalized spacial score (nSPS) is 19.9. The van der Waals surface area contributed by atoms with Crippen LogP contribution in [0.25, 0.3) is 0 Å². The summed E-state index contributed by atoms with van der Waals surface area (Å²) < 4.78 is 0. The van der Waals surface area contributed by atoms with Gasteiger partial charge < -0.3 is 15.7 Å². The molecule has 0 aromatic carbocycles. The summed E-state index contributed by atoms with van der Waals surface area (Å²) >= 11 is 0. The van der Waals surface area contributed by atoms with Crippen LogP contribution in [0.4, 0.5) is 0 Å². The third kappa shape index (κ3) is 4.35. The molecular weight excluding hydrogens is 140 g/mol. The lowest BCUT2D eigenvalue weighted by Crippen LogP contribution is -2.41. The van der Waals surface area contributed by atoms with Gasteiger partial charge in [-0.05, 0) is 34.4 Å². The van der Waals surface area contributed by atoms with Crippen molar-refractivity contribution in [3.63, 3.8) is 0 Å². The Morgan fingerprint density at radius 1 is 1.55 bits per heavy atom. The van der Waals surface area contributed by atoms with Gasteiger partial charge in [-0.25, -0.2) is 0 Å². The summed E-state index contributed by atoms with van der Waals surface area (Å²) in [6.45, 7) is 4.17. The average Bonchev–Trinajstić information content (AvgIpc) is 1.87. The van der Waals surface area contributed by atoms with E-state index in [0.29, 0.717) is 12.6 Å². The van der Waals surface area contributed by atoms with Crippen molar-refractivity contribution >= 4 is 0 Å². The van der Waals surface area contributed by atoms with E-state index in [1.54, 1.807) is 6.92 Å². The molecule has 0 radical (unpaired) electrons. The first-order valence-electron chi connectivity index (χ1n) is 3.98. The Morgan fingerprint density at radius 3 is 2.27 bits per heavy atom. The molecule has 3 N–H and O–H groups in total. The molecule has 0 heterocycles. The maximum Gasteiger partial charge on any atom is 0.0756 e. The summed E-state index contributed by atoms with van der Waals surface area (Å²) in [6.07, 6.45) is 0.719. The molecular formula is C8H20N2O. The van der Waals surface area contributed by atoms with Crippen LogP contribution in [0.15, 0.2) is 0 Å². The Morgan fingerprint density at radius 2 is 2.00 bits per heavy atom. The first kappa shape index (κ1) is 10.9. The van der Waals surface area contributed by atoms with Crippen LogP contribution in [0, 0.1) is 0 Å². The van der Waals surface area contributed by atoms with Gasteiger partial charge in [0, 0.05) is 12.6 Å². The fourth-order valence-electron chi connectivity index (χ4n) is 0.902. The molecule has 3 nitrogen and oxygen atoms in total. The minimum Gasteiger partial charge on any atom is -0.389 e. The predicted molar refractivity (Wildman–Crippen MR) is 47.4 cm³/mol. The molecule has 0 aromatic heterocycles. The number of nitrogens with zero attached hydrogens (tertiary/aromatic N) is 1. The highest BCUT2D eigenvalue weighted by atomic mass is 16.3. The van der Waals surface area contributed by atoms with E-state index in [1.165, 1.54) is 0 Å². The van der Waals surface area contributed by atoms with Crippen molar-refractivity contribution in [3.8, 4) is 0 Å². The van der Waals surface area contributed by atoms with Gasteiger partial charge in [0.05, 0.1) is 5.60 Å². The molecule has 0 spiro atoms. The van der Waals surface area contributed by atoms with E-state index in [-0.39, 0.29) is 0 Å². The summed E-state index contributed by atoms with van der Waals surface area (Å²) in [5.74, 6) is 0. The van der Waals surface area contributed by atoms with Gasteiger partial charge in [0.1, 0.15) is 0 Å². The van der Waals surface area contributed by atoms with Crippen LogP contribution in [0.2, 0.25) is 0 Å². The maximum atomic E-state index is 9.59.